The van der Waals surface area contributed by atoms with E-state index in [0.29, 0.717) is 25.3 Å². The maximum absolute atomic E-state index is 13.7. The Morgan fingerprint density at radius 1 is 1.12 bits per heavy atom. The zero-order valence-electron chi connectivity index (χ0n) is 18.1. The lowest BCUT2D eigenvalue weighted by atomic mass is 9.85. The van der Waals surface area contributed by atoms with Crippen LogP contribution < -0.4 is 4.90 Å². The average Bonchev–Trinajstić information content (AvgIpc) is 2.96. The molecule has 0 atom stereocenters. The Balaban J connectivity index is 0.000000913. The Morgan fingerprint density at radius 3 is 2.22 bits per heavy atom. The molecule has 4 rings (SSSR count). The van der Waals surface area contributed by atoms with Gasteiger partial charge < -0.3 is 19.6 Å². The van der Waals surface area contributed by atoms with E-state index < -0.39 is 23.2 Å². The van der Waals surface area contributed by atoms with Crippen LogP contribution in [0.3, 0.4) is 0 Å². The lowest BCUT2D eigenvalue weighted by Gasteiger charge is -2.43. The molecule has 10 heteroatoms. The van der Waals surface area contributed by atoms with Crippen molar-refractivity contribution in [1.29, 1.82) is 0 Å². The van der Waals surface area contributed by atoms with Gasteiger partial charge in [-0.05, 0) is 50.7 Å². The van der Waals surface area contributed by atoms with Gasteiger partial charge in [0.25, 0.3) is 12.4 Å². The van der Waals surface area contributed by atoms with Crippen LogP contribution in [0.4, 0.5) is 19.3 Å². The number of carbonyl (C=O) groups is 3. The molecule has 3 aliphatic rings. The number of anilines is 1. The molecule has 1 aromatic carbocycles. The van der Waals surface area contributed by atoms with E-state index in [1.54, 1.807) is 4.90 Å². The Labute approximate surface area is 185 Å². The number of ether oxygens (including phenoxy) is 1. The quantitative estimate of drug-likeness (QED) is 0.557. The molecule has 3 fully saturated rings. The van der Waals surface area contributed by atoms with Gasteiger partial charge in [-0.2, -0.15) is 0 Å². The number of hydrogen-bond acceptors (Lipinski definition) is 5. The normalized spacial score (nSPS) is 21.6. The summed E-state index contributed by atoms with van der Waals surface area (Å²) >= 11 is 0. The molecule has 8 nitrogen and oxygen atoms in total. The number of benzene rings is 1. The van der Waals surface area contributed by atoms with Crippen molar-refractivity contribution in [2.24, 2.45) is 5.92 Å². The van der Waals surface area contributed by atoms with E-state index in [1.165, 1.54) is 0 Å². The van der Waals surface area contributed by atoms with E-state index in [1.807, 2.05) is 6.92 Å². The highest BCUT2D eigenvalue weighted by Gasteiger charge is 2.58. The minimum atomic E-state index is -0.930. The number of urea groups is 1. The molecule has 0 aliphatic carbocycles. The Morgan fingerprint density at radius 2 is 1.69 bits per heavy atom. The fourth-order valence-electron chi connectivity index (χ4n) is 4.93. The van der Waals surface area contributed by atoms with Crippen LogP contribution in [0.25, 0.3) is 0 Å². The van der Waals surface area contributed by atoms with E-state index in [0.717, 1.165) is 68.8 Å². The molecule has 0 bridgehead atoms. The summed E-state index contributed by atoms with van der Waals surface area (Å²) in [5.41, 5.74) is -0.974. The summed E-state index contributed by atoms with van der Waals surface area (Å²) in [6, 6.07) is 2.30. The minimum Gasteiger partial charge on any atom is -0.483 e. The second-order valence-corrected chi connectivity index (χ2v) is 8.29. The number of carbonyl (C=O) groups excluding carboxylic acids is 2. The van der Waals surface area contributed by atoms with Gasteiger partial charge in [0.1, 0.15) is 17.2 Å². The molecule has 1 N–H and O–H groups in total. The summed E-state index contributed by atoms with van der Waals surface area (Å²) in [4.78, 5) is 39.6. The van der Waals surface area contributed by atoms with Crippen LogP contribution in [0.5, 0.6) is 0 Å². The Hall–Kier alpha value is -2.59. The number of piperidine rings is 1. The predicted octanol–water partition coefficient (Wildman–Crippen LogP) is 2.72. The zero-order valence-corrected chi connectivity index (χ0v) is 18.1. The lowest BCUT2D eigenvalue weighted by Crippen LogP contribution is -2.57. The van der Waals surface area contributed by atoms with Crippen LogP contribution in [-0.4, -0.2) is 78.2 Å². The summed E-state index contributed by atoms with van der Waals surface area (Å²) in [6.45, 7) is 5.98. The number of hydrogen-bond donors (Lipinski definition) is 1. The van der Waals surface area contributed by atoms with Gasteiger partial charge in [0, 0.05) is 45.5 Å². The van der Waals surface area contributed by atoms with Crippen molar-refractivity contribution >= 4 is 24.1 Å². The van der Waals surface area contributed by atoms with Crippen LogP contribution in [0.2, 0.25) is 0 Å². The third-order valence-corrected chi connectivity index (χ3v) is 6.50. The number of imide groups is 1. The SMILES string of the molecule is CCN1C(=O)N(c2cc(F)cc(F)c2)C(=O)C12CCN(CC1CCOCC1)CC2.O=CO. The molecule has 176 valence electrons. The van der Waals surface area contributed by atoms with Crippen LogP contribution in [0, 0.1) is 17.6 Å². The first kappa shape index (κ1) is 24.1. The van der Waals surface area contributed by atoms with Gasteiger partial charge in [-0.25, -0.2) is 18.5 Å². The summed E-state index contributed by atoms with van der Waals surface area (Å²) in [5.74, 6) is -1.39. The number of halogens is 2. The van der Waals surface area contributed by atoms with Crippen molar-refractivity contribution in [2.75, 3.05) is 44.3 Å². The van der Waals surface area contributed by atoms with E-state index in [-0.39, 0.29) is 18.1 Å². The van der Waals surface area contributed by atoms with Gasteiger partial charge in [-0.1, -0.05) is 0 Å². The largest absolute Gasteiger partial charge is 0.483 e. The first-order valence-corrected chi connectivity index (χ1v) is 10.9. The molecule has 3 amide bonds. The van der Waals surface area contributed by atoms with Gasteiger partial charge in [0.2, 0.25) is 0 Å². The van der Waals surface area contributed by atoms with Crippen molar-refractivity contribution in [2.45, 2.75) is 38.1 Å². The molecule has 0 unspecified atom stereocenters. The number of amides is 3. The molecule has 0 saturated carbocycles. The molecule has 1 aromatic rings. The highest BCUT2D eigenvalue weighted by molar-refractivity contribution is 6.23. The minimum absolute atomic E-state index is 0.0440. The summed E-state index contributed by atoms with van der Waals surface area (Å²) in [6.07, 6.45) is 3.17. The first-order valence-electron chi connectivity index (χ1n) is 10.9. The topological polar surface area (TPSA) is 90.4 Å². The third kappa shape index (κ3) is 4.75. The zero-order chi connectivity index (χ0) is 23.3. The maximum Gasteiger partial charge on any atom is 0.332 e. The van der Waals surface area contributed by atoms with Crippen molar-refractivity contribution in [3.63, 3.8) is 0 Å². The molecule has 32 heavy (non-hydrogen) atoms. The first-order chi connectivity index (χ1) is 15.4. The molecule has 1 spiro atoms. The van der Waals surface area contributed by atoms with Gasteiger partial charge in [0.05, 0.1) is 5.69 Å². The smallest absolute Gasteiger partial charge is 0.332 e. The van der Waals surface area contributed by atoms with E-state index >= 15 is 0 Å². The van der Waals surface area contributed by atoms with Crippen molar-refractivity contribution in [3.05, 3.63) is 29.8 Å². The monoisotopic (exact) mass is 453 g/mol. The number of likely N-dealkylation sites (N-methyl/N-ethyl adjacent to an activating group) is 1. The molecular weight excluding hydrogens is 424 g/mol. The number of carboxylic acid groups (broad SMARTS) is 1. The molecular formula is C22H29F2N3O5. The van der Waals surface area contributed by atoms with Gasteiger partial charge in [0.15, 0.2) is 0 Å². The van der Waals surface area contributed by atoms with Crippen LogP contribution >= 0.6 is 0 Å². The molecule has 3 saturated heterocycles. The van der Waals surface area contributed by atoms with Crippen LogP contribution in [0.15, 0.2) is 18.2 Å². The van der Waals surface area contributed by atoms with Crippen LogP contribution in [-0.2, 0) is 14.3 Å². The molecule has 0 aromatic heterocycles. The van der Waals surface area contributed by atoms with Crippen molar-refractivity contribution in [1.82, 2.24) is 9.80 Å². The van der Waals surface area contributed by atoms with Crippen molar-refractivity contribution < 1.29 is 33.0 Å². The lowest BCUT2D eigenvalue weighted by molar-refractivity contribution is -0.127. The second-order valence-electron chi connectivity index (χ2n) is 8.29. The Kier molecular flexibility index (Phi) is 7.78. The average molecular weight is 453 g/mol. The number of rotatable bonds is 4. The standard InChI is InChI=1S/C21H27F2N3O3.CH2O2/c1-2-25-20(28)26(18-12-16(22)11-17(23)13-18)19(27)21(25)5-7-24(8-6-21)14-15-3-9-29-10-4-15;2-1-3/h11-13,15H,2-10,14H2,1H3;1H,(H,2,3). The van der Waals surface area contributed by atoms with Gasteiger partial charge in [-0.15, -0.1) is 0 Å². The number of nitrogens with zero attached hydrogens (tertiary/aromatic N) is 3. The maximum atomic E-state index is 13.7. The van der Waals surface area contributed by atoms with Crippen molar-refractivity contribution in [3.8, 4) is 0 Å². The third-order valence-electron chi connectivity index (χ3n) is 6.50. The van der Waals surface area contributed by atoms with Gasteiger partial charge in [-0.3, -0.25) is 9.59 Å². The van der Waals surface area contributed by atoms with E-state index in [9.17, 15) is 18.4 Å². The molecule has 0 radical (unpaired) electrons. The fraction of sp³-hybridized carbons (Fsp3) is 0.591. The molecule has 3 aliphatic heterocycles. The van der Waals surface area contributed by atoms with Gasteiger partial charge >= 0.3 is 6.03 Å². The van der Waals surface area contributed by atoms with E-state index in [4.69, 9.17) is 14.6 Å². The highest BCUT2D eigenvalue weighted by atomic mass is 19.1. The summed E-state index contributed by atoms with van der Waals surface area (Å²) in [5, 5.41) is 6.89. The number of likely N-dealkylation sites (tertiary alicyclic amines) is 1. The highest BCUT2D eigenvalue weighted by Crippen LogP contribution is 2.39. The van der Waals surface area contributed by atoms with Crippen LogP contribution in [0.1, 0.15) is 32.6 Å². The Bertz CT molecular complexity index is 819. The predicted molar refractivity (Wildman–Crippen MR) is 112 cm³/mol. The summed E-state index contributed by atoms with van der Waals surface area (Å²) in [7, 11) is 0. The van der Waals surface area contributed by atoms with E-state index in [2.05, 4.69) is 4.90 Å². The molecule has 3 heterocycles. The second kappa shape index (κ2) is 10.4. The fourth-order valence-corrected chi connectivity index (χ4v) is 4.93. The summed E-state index contributed by atoms with van der Waals surface area (Å²) < 4.78 is 32.8.